The fraction of sp³-hybridized carbons (Fsp3) is 0.571. The monoisotopic (exact) mass is 385 g/mol. The summed E-state index contributed by atoms with van der Waals surface area (Å²) in [5.74, 6) is 1.21. The van der Waals surface area contributed by atoms with Crippen molar-refractivity contribution in [2.75, 3.05) is 19.8 Å². The fourth-order valence-corrected chi connectivity index (χ4v) is 4.05. The molecule has 7 heteroatoms. The molecule has 0 spiro atoms. The van der Waals surface area contributed by atoms with Gasteiger partial charge in [0.05, 0.1) is 5.56 Å². The van der Waals surface area contributed by atoms with Gasteiger partial charge in [-0.15, -0.1) is 10.2 Å². The Hall–Kier alpha value is -2.41. The summed E-state index contributed by atoms with van der Waals surface area (Å²) in [5.41, 5.74) is 1.37. The highest BCUT2D eigenvalue weighted by atomic mass is 16.5. The third-order valence-corrected chi connectivity index (χ3v) is 5.78. The Labute approximate surface area is 164 Å². The molecular weight excluding hydrogens is 358 g/mol. The summed E-state index contributed by atoms with van der Waals surface area (Å²) in [6, 6.07) is 4.98. The van der Waals surface area contributed by atoms with Gasteiger partial charge in [0.1, 0.15) is 11.8 Å². The molecule has 0 saturated carbocycles. The summed E-state index contributed by atoms with van der Waals surface area (Å²) in [7, 11) is 0. The van der Waals surface area contributed by atoms with Crippen LogP contribution in [0.15, 0.2) is 22.6 Å². The first-order chi connectivity index (χ1) is 13.7. The molecule has 150 valence electrons. The van der Waals surface area contributed by atoms with Gasteiger partial charge in [-0.05, 0) is 56.2 Å². The summed E-state index contributed by atoms with van der Waals surface area (Å²) >= 11 is 0. The minimum atomic E-state index is -0.243. The van der Waals surface area contributed by atoms with Crippen molar-refractivity contribution in [2.24, 2.45) is 0 Å². The molecular formula is C21H27N3O4. The Kier molecular flexibility index (Phi) is 5.62. The molecule has 0 radical (unpaired) electrons. The summed E-state index contributed by atoms with van der Waals surface area (Å²) in [4.78, 5) is 15.0. The van der Waals surface area contributed by atoms with Crippen LogP contribution in [-0.2, 0) is 11.2 Å². The second kappa shape index (κ2) is 8.31. The predicted octanol–water partition coefficient (Wildman–Crippen LogP) is 3.60. The lowest BCUT2D eigenvalue weighted by Crippen LogP contribution is -2.38. The zero-order valence-electron chi connectivity index (χ0n) is 16.3. The van der Waals surface area contributed by atoms with Gasteiger partial charge in [-0.1, -0.05) is 13.0 Å². The number of carbonyl (C=O) groups excluding carboxylic acids is 1. The molecule has 0 unspecified atom stereocenters. The van der Waals surface area contributed by atoms with Crippen molar-refractivity contribution >= 4 is 5.91 Å². The molecule has 1 aromatic carbocycles. The number of amides is 1. The molecule has 2 aliphatic rings. The van der Waals surface area contributed by atoms with E-state index in [1.165, 1.54) is 0 Å². The van der Waals surface area contributed by atoms with Crippen molar-refractivity contribution in [1.29, 1.82) is 0 Å². The molecule has 0 bridgehead atoms. The van der Waals surface area contributed by atoms with Crippen LogP contribution in [-0.4, -0.2) is 45.9 Å². The SMILES string of the molecule is CCc1ccc(O)c(C(=O)N2CCCC[C@H]2c2nnc(C3CCOCC3)o2)c1. The summed E-state index contributed by atoms with van der Waals surface area (Å²) < 4.78 is 11.4. The second-order valence-corrected chi connectivity index (χ2v) is 7.58. The van der Waals surface area contributed by atoms with Crippen LogP contribution in [0.3, 0.4) is 0 Å². The Balaban J connectivity index is 1.58. The van der Waals surface area contributed by atoms with E-state index in [4.69, 9.17) is 9.15 Å². The number of rotatable bonds is 4. The maximum atomic E-state index is 13.2. The number of carbonyl (C=O) groups is 1. The Bertz CT molecular complexity index is 829. The molecule has 7 nitrogen and oxygen atoms in total. The number of phenols is 1. The van der Waals surface area contributed by atoms with Gasteiger partial charge in [-0.2, -0.15) is 0 Å². The van der Waals surface area contributed by atoms with E-state index in [1.807, 2.05) is 13.0 Å². The zero-order valence-corrected chi connectivity index (χ0v) is 16.3. The normalized spacial score (nSPS) is 21.0. The maximum absolute atomic E-state index is 13.2. The van der Waals surface area contributed by atoms with E-state index in [-0.39, 0.29) is 23.6 Å². The Morgan fingerprint density at radius 1 is 1.18 bits per heavy atom. The van der Waals surface area contributed by atoms with Gasteiger partial charge in [-0.3, -0.25) is 4.79 Å². The zero-order chi connectivity index (χ0) is 19.5. The molecule has 28 heavy (non-hydrogen) atoms. The van der Waals surface area contributed by atoms with E-state index in [1.54, 1.807) is 17.0 Å². The molecule has 2 aliphatic heterocycles. The highest BCUT2D eigenvalue weighted by molar-refractivity contribution is 5.97. The lowest BCUT2D eigenvalue weighted by Gasteiger charge is -2.33. The van der Waals surface area contributed by atoms with Crippen LogP contribution >= 0.6 is 0 Å². The number of hydrogen-bond donors (Lipinski definition) is 1. The average Bonchev–Trinajstić information content (AvgIpc) is 3.24. The van der Waals surface area contributed by atoms with E-state index >= 15 is 0 Å². The molecule has 1 atom stereocenters. The maximum Gasteiger partial charge on any atom is 0.258 e. The number of likely N-dealkylation sites (tertiary alicyclic amines) is 1. The number of benzene rings is 1. The van der Waals surface area contributed by atoms with Crippen molar-refractivity contribution in [1.82, 2.24) is 15.1 Å². The number of aryl methyl sites for hydroxylation is 1. The van der Waals surface area contributed by atoms with E-state index in [0.717, 1.165) is 44.1 Å². The van der Waals surface area contributed by atoms with Gasteiger partial charge in [-0.25, -0.2) is 0 Å². The smallest absolute Gasteiger partial charge is 0.258 e. The number of phenolic OH excluding ortho intramolecular Hbond substituents is 1. The number of aromatic hydroxyl groups is 1. The molecule has 0 aliphatic carbocycles. The van der Waals surface area contributed by atoms with Crippen molar-refractivity contribution in [3.63, 3.8) is 0 Å². The lowest BCUT2D eigenvalue weighted by molar-refractivity contribution is 0.0558. The van der Waals surface area contributed by atoms with Crippen molar-refractivity contribution in [3.05, 3.63) is 41.1 Å². The first-order valence-corrected chi connectivity index (χ1v) is 10.2. The average molecular weight is 385 g/mol. The summed E-state index contributed by atoms with van der Waals surface area (Å²) in [6.45, 7) is 4.07. The fourth-order valence-electron chi connectivity index (χ4n) is 4.05. The number of ether oxygens (including phenoxy) is 1. The molecule has 1 amide bonds. The number of nitrogens with zero attached hydrogens (tertiary/aromatic N) is 3. The van der Waals surface area contributed by atoms with Gasteiger partial charge in [0.15, 0.2) is 0 Å². The van der Waals surface area contributed by atoms with Crippen molar-refractivity contribution in [3.8, 4) is 5.75 Å². The van der Waals surface area contributed by atoms with Crippen molar-refractivity contribution < 1.29 is 19.1 Å². The predicted molar refractivity (Wildman–Crippen MR) is 102 cm³/mol. The Morgan fingerprint density at radius 3 is 2.75 bits per heavy atom. The van der Waals surface area contributed by atoms with Crippen LogP contribution in [0.25, 0.3) is 0 Å². The van der Waals surface area contributed by atoms with Crippen LogP contribution in [0.4, 0.5) is 0 Å². The largest absolute Gasteiger partial charge is 0.507 e. The first-order valence-electron chi connectivity index (χ1n) is 10.2. The second-order valence-electron chi connectivity index (χ2n) is 7.58. The number of aromatic nitrogens is 2. The summed E-state index contributed by atoms with van der Waals surface area (Å²) in [5, 5.41) is 18.8. The highest BCUT2D eigenvalue weighted by Crippen LogP contribution is 2.35. The van der Waals surface area contributed by atoms with Crippen LogP contribution in [0.2, 0.25) is 0 Å². The quantitative estimate of drug-likeness (QED) is 0.865. The van der Waals surface area contributed by atoms with Gasteiger partial charge >= 0.3 is 0 Å². The van der Waals surface area contributed by atoms with E-state index in [2.05, 4.69) is 10.2 Å². The molecule has 2 saturated heterocycles. The topological polar surface area (TPSA) is 88.7 Å². The van der Waals surface area contributed by atoms with Crippen LogP contribution in [0.1, 0.15) is 78.7 Å². The molecule has 2 aromatic rings. The Morgan fingerprint density at radius 2 is 1.96 bits per heavy atom. The molecule has 3 heterocycles. The third kappa shape index (κ3) is 3.76. The van der Waals surface area contributed by atoms with Gasteiger partial charge in [0.25, 0.3) is 5.91 Å². The number of hydrogen-bond acceptors (Lipinski definition) is 6. The van der Waals surface area contributed by atoms with E-state index in [9.17, 15) is 9.90 Å². The third-order valence-electron chi connectivity index (χ3n) is 5.78. The molecule has 1 aromatic heterocycles. The van der Waals surface area contributed by atoms with E-state index in [0.29, 0.717) is 37.1 Å². The van der Waals surface area contributed by atoms with Crippen LogP contribution in [0, 0.1) is 0 Å². The van der Waals surface area contributed by atoms with Crippen molar-refractivity contribution in [2.45, 2.75) is 57.4 Å². The first kappa shape index (κ1) is 18.9. The van der Waals surface area contributed by atoms with Crippen LogP contribution < -0.4 is 0 Å². The highest BCUT2D eigenvalue weighted by Gasteiger charge is 2.34. The van der Waals surface area contributed by atoms with Gasteiger partial charge in [0, 0.05) is 25.7 Å². The standard InChI is InChI=1S/C21H27N3O4/c1-2-14-6-7-18(25)16(13-14)21(26)24-10-4-3-5-17(24)20-23-22-19(28-20)15-8-11-27-12-9-15/h6-7,13,15,17,25H,2-5,8-12H2,1H3/t17-/m0/s1. The lowest BCUT2D eigenvalue weighted by atomic mass is 9.99. The molecule has 1 N–H and O–H groups in total. The molecule has 2 fully saturated rings. The van der Waals surface area contributed by atoms with Gasteiger partial charge in [0.2, 0.25) is 11.8 Å². The minimum Gasteiger partial charge on any atom is -0.507 e. The minimum absolute atomic E-state index is 0.0138. The summed E-state index contributed by atoms with van der Waals surface area (Å²) in [6.07, 6.45) is 5.29. The van der Waals surface area contributed by atoms with E-state index < -0.39 is 0 Å². The number of piperidine rings is 1. The van der Waals surface area contributed by atoms with Gasteiger partial charge < -0.3 is 19.2 Å². The molecule has 4 rings (SSSR count). The van der Waals surface area contributed by atoms with Crippen LogP contribution in [0.5, 0.6) is 5.75 Å².